The van der Waals surface area contributed by atoms with Gasteiger partial charge in [-0.25, -0.2) is 0 Å². The van der Waals surface area contributed by atoms with Gasteiger partial charge < -0.3 is 11.7 Å². The fourth-order valence-corrected chi connectivity index (χ4v) is 0.0680. The van der Waals surface area contributed by atoms with Gasteiger partial charge in [0.05, 0.1) is 0 Å². The van der Waals surface area contributed by atoms with Crippen molar-refractivity contribution in [3.8, 4) is 0 Å². The number of ether oxygens (including phenoxy) is 1. The molecule has 0 aliphatic carbocycles. The number of epoxide rings is 1. The van der Waals surface area contributed by atoms with E-state index in [2.05, 4.69) is 11.7 Å². The molecule has 1 aliphatic heterocycles. The Morgan fingerprint density at radius 3 is 0.667 bits per heavy atom. The second-order valence-electron chi connectivity index (χ2n) is 0.955. The molecule has 0 aromatic heterocycles. The van der Waals surface area contributed by atoms with E-state index in [4.69, 9.17) is 0 Å². The third kappa shape index (κ3) is 74.1. The summed E-state index contributed by atoms with van der Waals surface area (Å²) >= 11 is 0. The third-order valence-corrected chi connectivity index (χ3v) is 0.402. The molecular weight excluding hydrogens is 2070 g/mol. The van der Waals surface area contributed by atoms with Gasteiger partial charge in [0.1, 0.15) is 0 Å². The summed E-state index contributed by atoms with van der Waals surface area (Å²) in [5.41, 5.74) is 0. The van der Waals surface area contributed by atoms with Crippen molar-refractivity contribution in [3.05, 3.63) is 6.92 Å². The number of rotatable bonds is 0. The average Bonchev–Trinajstić information content (AvgIpc) is 1.75. The molecule has 1 fully saturated rings. The molecule has 0 amide bonds. The standard InChI is InChI=1S/C3H5O.11W/c1-3-2-4-3;;;;;;;;;;;/h3H,1-2H2;;;;;;;;;;;/q-1;;;;;;;;;;;. The summed E-state index contributed by atoms with van der Waals surface area (Å²) in [6, 6.07) is 0. The van der Waals surface area contributed by atoms with Gasteiger partial charge in [0.15, 0.2) is 0 Å². The van der Waals surface area contributed by atoms with Crippen LogP contribution in [0.1, 0.15) is 0 Å². The maximum atomic E-state index is 4.60. The molecule has 1 heterocycles. The van der Waals surface area contributed by atoms with E-state index in [-0.39, 0.29) is 232 Å². The minimum atomic E-state index is 0. The Balaban J connectivity index is -0.00000000162. The van der Waals surface area contributed by atoms with E-state index in [0.29, 0.717) is 6.10 Å². The van der Waals surface area contributed by atoms with Crippen LogP contribution in [0.4, 0.5) is 0 Å². The molecule has 1 nitrogen and oxygen atoms in total. The molecule has 0 bridgehead atoms. The van der Waals surface area contributed by atoms with Crippen LogP contribution in [0.3, 0.4) is 0 Å². The van der Waals surface area contributed by atoms with Crippen molar-refractivity contribution in [1.29, 1.82) is 0 Å². The molecule has 1 aliphatic rings. The first-order valence-electron chi connectivity index (χ1n) is 1.34. The predicted octanol–water partition coefficient (Wildman–Crippen LogP) is 0.192. The van der Waals surface area contributed by atoms with E-state index in [1.54, 1.807) is 0 Å². The molecule has 0 aromatic rings. The largest absolute Gasteiger partial charge is 0.408 e. The summed E-state index contributed by atoms with van der Waals surface area (Å²) in [5.74, 6) is 0. The molecule has 1 saturated heterocycles. The summed E-state index contributed by atoms with van der Waals surface area (Å²) in [6.45, 7) is 4.40. The molecule has 0 aromatic carbocycles. The molecule has 0 saturated carbocycles. The van der Waals surface area contributed by atoms with Gasteiger partial charge in [0.25, 0.3) is 0 Å². The van der Waals surface area contributed by atoms with Crippen molar-refractivity contribution in [3.63, 3.8) is 0 Å². The molecule has 0 radical (unpaired) electrons. The smallest absolute Gasteiger partial charge is 0.0414 e. The topological polar surface area (TPSA) is 12.5 Å². The van der Waals surface area contributed by atoms with Crippen LogP contribution in [0.25, 0.3) is 0 Å². The maximum Gasteiger partial charge on any atom is 0.0414 e. The minimum absolute atomic E-state index is 0. The zero-order valence-electron chi connectivity index (χ0n) is 6.89. The molecule has 0 N–H and O–H groups in total. The van der Waals surface area contributed by atoms with Crippen molar-refractivity contribution in [2.24, 2.45) is 0 Å². The quantitative estimate of drug-likeness (QED) is 0.250. The number of hydrogen-bond donors (Lipinski definition) is 0. The van der Waals surface area contributed by atoms with Crippen molar-refractivity contribution in [1.82, 2.24) is 0 Å². The van der Waals surface area contributed by atoms with Crippen LogP contribution in [0, 0.1) is 6.92 Å². The van der Waals surface area contributed by atoms with E-state index in [0.717, 1.165) is 6.61 Å². The van der Waals surface area contributed by atoms with E-state index in [9.17, 15) is 0 Å². The Labute approximate surface area is 250 Å². The van der Waals surface area contributed by atoms with Crippen LogP contribution in [0.15, 0.2) is 0 Å². The van der Waals surface area contributed by atoms with Gasteiger partial charge in [0, 0.05) is 238 Å². The van der Waals surface area contributed by atoms with Crippen LogP contribution in [0.2, 0.25) is 0 Å². The molecular formula is C3H5OW11-. The second kappa shape index (κ2) is 57.8. The predicted molar refractivity (Wildman–Crippen MR) is 15.1 cm³/mol. The fraction of sp³-hybridized carbons (Fsp3) is 0.667. The van der Waals surface area contributed by atoms with Gasteiger partial charge in [0.2, 0.25) is 0 Å². The van der Waals surface area contributed by atoms with E-state index < -0.39 is 0 Å². The molecule has 1 atom stereocenters. The van der Waals surface area contributed by atoms with Crippen molar-refractivity contribution in [2.45, 2.75) is 6.10 Å². The van der Waals surface area contributed by atoms with Gasteiger partial charge in [-0.1, -0.05) is 0 Å². The van der Waals surface area contributed by atoms with Crippen molar-refractivity contribution >= 4 is 0 Å². The first-order chi connectivity index (χ1) is 1.89. The Bertz CT molecular complexity index is 35.0. The summed E-state index contributed by atoms with van der Waals surface area (Å²) in [5, 5.41) is 0. The summed E-state index contributed by atoms with van der Waals surface area (Å²) < 4.78 is 4.60. The first-order valence-corrected chi connectivity index (χ1v) is 1.34. The van der Waals surface area contributed by atoms with Crippen LogP contribution in [-0.4, -0.2) is 12.7 Å². The summed E-state index contributed by atoms with van der Waals surface area (Å²) in [7, 11) is 0. The van der Waals surface area contributed by atoms with Crippen LogP contribution >= 0.6 is 0 Å². The van der Waals surface area contributed by atoms with Gasteiger partial charge in [-0.15, -0.1) is 0 Å². The van der Waals surface area contributed by atoms with E-state index in [1.807, 2.05) is 0 Å². The first kappa shape index (κ1) is 78.6. The molecule has 1 rings (SSSR count). The molecule has 0 spiro atoms. The zero-order valence-corrected chi connectivity index (χ0v) is 39.2. The van der Waals surface area contributed by atoms with Crippen LogP contribution in [-0.2, 0) is 236 Å². The maximum absolute atomic E-state index is 4.60. The van der Waals surface area contributed by atoms with E-state index in [1.165, 1.54) is 0 Å². The Morgan fingerprint density at radius 2 is 0.667 bits per heavy atom. The fourth-order valence-electron chi connectivity index (χ4n) is 0.0680. The van der Waals surface area contributed by atoms with Crippen molar-refractivity contribution < 1.29 is 236 Å². The van der Waals surface area contributed by atoms with Gasteiger partial charge in [-0.2, -0.15) is 0 Å². The van der Waals surface area contributed by atoms with E-state index >= 15 is 0 Å². The minimum Gasteiger partial charge on any atom is -0.408 e. The normalized spacial score (nSPS) is 10.6. The molecule has 1 unspecified atom stereocenters. The van der Waals surface area contributed by atoms with Crippen LogP contribution in [0.5, 0.6) is 0 Å². The Hall–Kier alpha value is 7.53. The number of hydrogen-bond acceptors (Lipinski definition) is 1. The van der Waals surface area contributed by atoms with Crippen molar-refractivity contribution in [2.75, 3.05) is 6.61 Å². The monoisotopic (exact) mass is 2080 g/mol. The van der Waals surface area contributed by atoms with Gasteiger partial charge >= 0.3 is 0 Å². The van der Waals surface area contributed by atoms with Gasteiger partial charge in [-0.05, 0) is 6.10 Å². The molecule has 12 heteroatoms. The summed E-state index contributed by atoms with van der Waals surface area (Å²) in [4.78, 5) is 0. The Morgan fingerprint density at radius 1 is 0.600 bits per heavy atom. The Kier molecular flexibility index (Phi) is 303. The van der Waals surface area contributed by atoms with Crippen LogP contribution < -0.4 is 0 Å². The SMILES string of the molecule is [CH2-]C1CO1.[W].[W].[W].[W].[W].[W].[W].[W].[W].[W].[W]. The summed E-state index contributed by atoms with van der Waals surface area (Å²) in [6.07, 6.45) is 0.333. The average molecular weight is 2080 g/mol. The zero-order chi connectivity index (χ0) is 2.99. The molecule has 15 heavy (non-hydrogen) atoms. The second-order valence-corrected chi connectivity index (χ2v) is 0.955. The third-order valence-electron chi connectivity index (χ3n) is 0.402. The van der Waals surface area contributed by atoms with Gasteiger partial charge in [-0.3, -0.25) is 0 Å². The molecule has 90 valence electrons.